The second kappa shape index (κ2) is 2.96. The van der Waals surface area contributed by atoms with Gasteiger partial charge in [-0.15, -0.1) is 0 Å². The second-order valence-electron chi connectivity index (χ2n) is 4.00. The summed E-state index contributed by atoms with van der Waals surface area (Å²) in [4.78, 5) is 11.0. The molecule has 3 nitrogen and oxygen atoms in total. The predicted molar refractivity (Wildman–Crippen MR) is 47.0 cm³/mol. The molecule has 2 aliphatic rings. The van der Waals surface area contributed by atoms with Crippen LogP contribution >= 0.6 is 0 Å². The summed E-state index contributed by atoms with van der Waals surface area (Å²) in [7, 11) is 0. The molecule has 0 aromatic heterocycles. The zero-order valence-electron chi connectivity index (χ0n) is 7.36. The molecular formula is C9H16N2O. The predicted octanol–water partition coefficient (Wildman–Crippen LogP) is 1.39. The molecular weight excluding hydrogens is 152 g/mol. The van der Waals surface area contributed by atoms with Crippen LogP contribution in [0.2, 0.25) is 0 Å². The fraction of sp³-hybridized carbons (Fsp3) is 0.889. The minimum absolute atomic E-state index is 0.0249. The van der Waals surface area contributed by atoms with Crippen LogP contribution in [0.3, 0.4) is 0 Å². The van der Waals surface area contributed by atoms with E-state index in [0.717, 1.165) is 19.4 Å². The highest BCUT2D eigenvalue weighted by Crippen LogP contribution is 2.28. The Hall–Kier alpha value is -0.730. The average Bonchev–Trinajstić information content (AvgIpc) is 2.30. The molecule has 0 aromatic carbocycles. The van der Waals surface area contributed by atoms with Crippen molar-refractivity contribution in [2.75, 3.05) is 6.54 Å². The van der Waals surface area contributed by atoms with E-state index in [1.165, 1.54) is 25.7 Å². The zero-order valence-corrected chi connectivity index (χ0v) is 7.36. The Balaban J connectivity index is 2.03. The lowest BCUT2D eigenvalue weighted by Crippen LogP contribution is -2.42. The largest absolute Gasteiger partial charge is 0.336 e. The molecule has 0 radical (unpaired) electrons. The topological polar surface area (TPSA) is 41.1 Å². The molecule has 1 aliphatic carbocycles. The number of amides is 2. The lowest BCUT2D eigenvalue weighted by molar-refractivity contribution is 0.242. The summed E-state index contributed by atoms with van der Waals surface area (Å²) in [5, 5.41) is 5.92. The van der Waals surface area contributed by atoms with Crippen LogP contribution in [0.25, 0.3) is 0 Å². The smallest absolute Gasteiger partial charge is 0.315 e. The molecule has 1 saturated heterocycles. The van der Waals surface area contributed by atoms with E-state index < -0.39 is 0 Å². The lowest BCUT2D eigenvalue weighted by atomic mass is 9.92. The van der Waals surface area contributed by atoms with Crippen LogP contribution in [-0.2, 0) is 0 Å². The number of nitrogens with one attached hydrogen (secondary N) is 2. The van der Waals surface area contributed by atoms with E-state index in [-0.39, 0.29) is 11.6 Å². The van der Waals surface area contributed by atoms with E-state index in [0.29, 0.717) is 0 Å². The molecule has 0 bridgehead atoms. The van der Waals surface area contributed by atoms with Crippen LogP contribution in [0.1, 0.15) is 38.5 Å². The van der Waals surface area contributed by atoms with Crippen molar-refractivity contribution < 1.29 is 4.79 Å². The van der Waals surface area contributed by atoms with Gasteiger partial charge in [-0.1, -0.05) is 25.7 Å². The van der Waals surface area contributed by atoms with Gasteiger partial charge in [-0.05, 0) is 12.8 Å². The third-order valence-corrected chi connectivity index (χ3v) is 3.03. The van der Waals surface area contributed by atoms with E-state index in [2.05, 4.69) is 10.6 Å². The van der Waals surface area contributed by atoms with Crippen molar-refractivity contribution in [3.8, 4) is 0 Å². The maximum Gasteiger partial charge on any atom is 0.315 e. The maximum absolute atomic E-state index is 11.0. The number of hydrogen-bond donors (Lipinski definition) is 2. The third-order valence-electron chi connectivity index (χ3n) is 3.03. The van der Waals surface area contributed by atoms with Crippen molar-refractivity contribution in [2.24, 2.45) is 0 Å². The van der Waals surface area contributed by atoms with Crippen LogP contribution in [0, 0.1) is 0 Å². The summed E-state index contributed by atoms with van der Waals surface area (Å²) in [6, 6.07) is 0.0249. The molecule has 0 aromatic rings. The molecule has 12 heavy (non-hydrogen) atoms. The summed E-state index contributed by atoms with van der Waals surface area (Å²) in [5.41, 5.74) is 0.119. The Morgan fingerprint density at radius 2 is 1.75 bits per heavy atom. The Morgan fingerprint density at radius 1 is 1.08 bits per heavy atom. The molecule has 2 amide bonds. The minimum atomic E-state index is 0.0249. The van der Waals surface area contributed by atoms with Gasteiger partial charge >= 0.3 is 6.03 Å². The minimum Gasteiger partial charge on any atom is -0.336 e. The van der Waals surface area contributed by atoms with E-state index in [1.807, 2.05) is 0 Å². The molecule has 1 saturated carbocycles. The molecule has 0 unspecified atom stereocenters. The van der Waals surface area contributed by atoms with Crippen LogP contribution in [0.15, 0.2) is 0 Å². The van der Waals surface area contributed by atoms with Gasteiger partial charge in [-0.2, -0.15) is 0 Å². The number of rotatable bonds is 0. The van der Waals surface area contributed by atoms with Gasteiger partial charge in [0.1, 0.15) is 0 Å². The standard InChI is InChI=1S/C9H16N2O/c12-8-10-7-9(11-8)5-3-1-2-4-6-9/h1-7H2,(H2,10,11,12). The van der Waals surface area contributed by atoms with Crippen molar-refractivity contribution in [3.63, 3.8) is 0 Å². The van der Waals surface area contributed by atoms with Crippen molar-refractivity contribution >= 4 is 6.03 Å². The van der Waals surface area contributed by atoms with Crippen LogP contribution < -0.4 is 10.6 Å². The molecule has 68 valence electrons. The molecule has 1 spiro atoms. The van der Waals surface area contributed by atoms with Crippen LogP contribution in [0.5, 0.6) is 0 Å². The van der Waals surface area contributed by atoms with Crippen LogP contribution in [-0.4, -0.2) is 18.1 Å². The lowest BCUT2D eigenvalue weighted by Gasteiger charge is -2.25. The van der Waals surface area contributed by atoms with Gasteiger partial charge in [0.25, 0.3) is 0 Å². The number of urea groups is 1. The van der Waals surface area contributed by atoms with Gasteiger partial charge in [-0.3, -0.25) is 0 Å². The zero-order chi connectivity index (χ0) is 8.44. The van der Waals surface area contributed by atoms with Gasteiger partial charge in [0.05, 0.1) is 5.54 Å². The summed E-state index contributed by atoms with van der Waals surface area (Å²) in [5.74, 6) is 0. The fourth-order valence-electron chi connectivity index (χ4n) is 2.29. The van der Waals surface area contributed by atoms with E-state index in [9.17, 15) is 4.79 Å². The first kappa shape index (κ1) is 7.90. The van der Waals surface area contributed by atoms with Crippen molar-refractivity contribution in [1.29, 1.82) is 0 Å². The van der Waals surface area contributed by atoms with E-state index >= 15 is 0 Å². The van der Waals surface area contributed by atoms with E-state index in [4.69, 9.17) is 0 Å². The van der Waals surface area contributed by atoms with Gasteiger partial charge < -0.3 is 10.6 Å². The van der Waals surface area contributed by atoms with Gasteiger partial charge in [-0.25, -0.2) is 4.79 Å². The highest BCUT2D eigenvalue weighted by Gasteiger charge is 2.37. The molecule has 2 N–H and O–H groups in total. The molecule has 3 heteroatoms. The first-order chi connectivity index (χ1) is 5.81. The van der Waals surface area contributed by atoms with E-state index in [1.54, 1.807) is 0 Å². The van der Waals surface area contributed by atoms with Crippen molar-refractivity contribution in [1.82, 2.24) is 10.6 Å². The average molecular weight is 168 g/mol. The highest BCUT2D eigenvalue weighted by molar-refractivity contribution is 5.77. The second-order valence-corrected chi connectivity index (χ2v) is 4.00. The molecule has 2 rings (SSSR count). The number of carbonyl (C=O) groups is 1. The number of hydrogen-bond acceptors (Lipinski definition) is 1. The molecule has 2 fully saturated rings. The Labute approximate surface area is 72.9 Å². The molecule has 1 heterocycles. The quantitative estimate of drug-likeness (QED) is 0.564. The Bertz CT molecular complexity index is 183. The van der Waals surface area contributed by atoms with Gasteiger partial charge in [0.2, 0.25) is 0 Å². The first-order valence-electron chi connectivity index (χ1n) is 4.87. The van der Waals surface area contributed by atoms with Crippen molar-refractivity contribution in [2.45, 2.75) is 44.1 Å². The van der Waals surface area contributed by atoms with Gasteiger partial charge in [0.15, 0.2) is 0 Å². The summed E-state index contributed by atoms with van der Waals surface area (Å²) in [6.07, 6.45) is 7.51. The molecule has 0 atom stereocenters. The summed E-state index contributed by atoms with van der Waals surface area (Å²) < 4.78 is 0. The third kappa shape index (κ3) is 1.40. The first-order valence-corrected chi connectivity index (χ1v) is 4.87. The summed E-state index contributed by atoms with van der Waals surface area (Å²) >= 11 is 0. The van der Waals surface area contributed by atoms with Crippen LogP contribution in [0.4, 0.5) is 4.79 Å². The SMILES string of the molecule is O=C1NCC2(CCCCCC2)N1. The van der Waals surface area contributed by atoms with Crippen molar-refractivity contribution in [3.05, 3.63) is 0 Å². The Morgan fingerprint density at radius 3 is 2.25 bits per heavy atom. The molecule has 1 aliphatic heterocycles. The monoisotopic (exact) mass is 168 g/mol. The normalized spacial score (nSPS) is 27.8. The fourth-order valence-corrected chi connectivity index (χ4v) is 2.29. The maximum atomic E-state index is 11.0. The summed E-state index contributed by atoms with van der Waals surface area (Å²) in [6.45, 7) is 0.839. The highest BCUT2D eigenvalue weighted by atomic mass is 16.2. The number of carbonyl (C=O) groups excluding carboxylic acids is 1. The Kier molecular flexibility index (Phi) is 1.95. The van der Waals surface area contributed by atoms with Gasteiger partial charge in [0, 0.05) is 6.54 Å².